The lowest BCUT2D eigenvalue weighted by molar-refractivity contribution is -0.114. The molecule has 0 spiro atoms. The normalized spacial score (nSPS) is 11.4. The topological polar surface area (TPSA) is 92.3 Å². The van der Waals surface area contributed by atoms with E-state index in [0.29, 0.717) is 20.9 Å². The van der Waals surface area contributed by atoms with E-state index in [1.165, 1.54) is 23.1 Å². The summed E-state index contributed by atoms with van der Waals surface area (Å²) in [6.07, 6.45) is 2.84. The van der Waals surface area contributed by atoms with Crippen LogP contribution < -0.4 is 9.62 Å². The van der Waals surface area contributed by atoms with Crippen molar-refractivity contribution in [3.8, 4) is 0 Å². The molecule has 1 N–H and O–H groups in total. The van der Waals surface area contributed by atoms with Gasteiger partial charge in [0.1, 0.15) is 6.54 Å². The van der Waals surface area contributed by atoms with Crippen molar-refractivity contribution in [3.05, 3.63) is 42.5 Å². The molecule has 27 heavy (non-hydrogen) atoms. The fourth-order valence-corrected chi connectivity index (χ4v) is 4.73. The van der Waals surface area contributed by atoms with E-state index in [9.17, 15) is 13.2 Å². The van der Waals surface area contributed by atoms with Gasteiger partial charge in [0.05, 0.1) is 11.9 Å². The van der Waals surface area contributed by atoms with Gasteiger partial charge in [0, 0.05) is 5.75 Å². The van der Waals surface area contributed by atoms with Crippen molar-refractivity contribution in [2.24, 2.45) is 0 Å². The number of para-hydroxylation sites is 1. The van der Waals surface area contributed by atoms with Crippen LogP contribution in [-0.2, 0) is 14.8 Å². The third kappa shape index (κ3) is 6.05. The molecule has 0 atom stereocenters. The molecule has 0 aliphatic carbocycles. The van der Waals surface area contributed by atoms with Crippen LogP contribution in [0.3, 0.4) is 0 Å². The Bertz CT molecular complexity index is 910. The van der Waals surface area contributed by atoms with Gasteiger partial charge in [0.25, 0.3) is 0 Å². The van der Waals surface area contributed by atoms with Crippen molar-refractivity contribution in [2.45, 2.75) is 24.1 Å². The fraction of sp³-hybridized carbons (Fsp3) is 0.353. The van der Waals surface area contributed by atoms with Crippen LogP contribution in [0.25, 0.3) is 0 Å². The van der Waals surface area contributed by atoms with Gasteiger partial charge >= 0.3 is 0 Å². The molecule has 146 valence electrons. The number of carbonyl (C=O) groups excluding carboxylic acids is 1. The van der Waals surface area contributed by atoms with Gasteiger partial charge in [-0.3, -0.25) is 14.4 Å². The zero-order valence-electron chi connectivity index (χ0n) is 15.4. The van der Waals surface area contributed by atoms with E-state index in [4.69, 9.17) is 0 Å². The monoisotopic (exact) mass is 426 g/mol. The van der Waals surface area contributed by atoms with Crippen molar-refractivity contribution in [1.29, 1.82) is 0 Å². The number of rotatable bonds is 9. The van der Waals surface area contributed by atoms with E-state index >= 15 is 0 Å². The second kappa shape index (κ2) is 9.34. The zero-order valence-corrected chi connectivity index (χ0v) is 17.8. The van der Waals surface area contributed by atoms with Crippen LogP contribution >= 0.6 is 23.1 Å². The maximum Gasteiger partial charge on any atom is 0.246 e. The molecule has 7 nitrogen and oxygen atoms in total. The minimum Gasteiger partial charge on any atom is -0.299 e. The number of nitrogens with zero attached hydrogens (tertiary/aromatic N) is 3. The number of sulfonamides is 1. The maximum absolute atomic E-state index is 12.4. The molecule has 0 radical (unpaired) electrons. The average Bonchev–Trinajstić information content (AvgIpc) is 3.04. The van der Waals surface area contributed by atoms with Crippen LogP contribution in [0.15, 0.2) is 41.3 Å². The Morgan fingerprint density at radius 2 is 2.07 bits per heavy atom. The predicted molar refractivity (Wildman–Crippen MR) is 112 cm³/mol. The number of anilines is 2. The lowest BCUT2D eigenvalue weighted by atomic mass is 10.0. The van der Waals surface area contributed by atoms with Crippen LogP contribution in [0.4, 0.5) is 10.8 Å². The largest absolute Gasteiger partial charge is 0.299 e. The van der Waals surface area contributed by atoms with Gasteiger partial charge in [-0.2, -0.15) is 0 Å². The number of hydrogen-bond acceptors (Lipinski definition) is 7. The van der Waals surface area contributed by atoms with Crippen LogP contribution in [-0.4, -0.2) is 43.1 Å². The van der Waals surface area contributed by atoms with Crippen molar-refractivity contribution in [3.63, 3.8) is 0 Å². The summed E-state index contributed by atoms with van der Waals surface area (Å²) in [6.45, 7) is 7.25. The van der Waals surface area contributed by atoms with Crippen LogP contribution in [0.1, 0.15) is 25.3 Å². The Labute approximate surface area is 167 Å². The van der Waals surface area contributed by atoms with Gasteiger partial charge < -0.3 is 0 Å². The van der Waals surface area contributed by atoms with E-state index in [0.717, 1.165) is 16.1 Å². The summed E-state index contributed by atoms with van der Waals surface area (Å²) in [5.41, 5.74) is 1.36. The molecule has 0 aliphatic rings. The van der Waals surface area contributed by atoms with Gasteiger partial charge in [-0.1, -0.05) is 61.2 Å². The first-order valence-corrected chi connectivity index (χ1v) is 11.8. The van der Waals surface area contributed by atoms with Crippen molar-refractivity contribution < 1.29 is 13.2 Å². The summed E-state index contributed by atoms with van der Waals surface area (Å²) in [7, 11) is -3.64. The number of thioether (sulfide) groups is 1. The second-order valence-electron chi connectivity index (χ2n) is 6.00. The van der Waals surface area contributed by atoms with Crippen molar-refractivity contribution >= 4 is 49.8 Å². The molecule has 0 saturated heterocycles. The maximum atomic E-state index is 12.4. The van der Waals surface area contributed by atoms with E-state index < -0.39 is 15.9 Å². The van der Waals surface area contributed by atoms with Crippen LogP contribution in [0.2, 0.25) is 0 Å². The number of nitrogens with one attached hydrogen (secondary N) is 1. The molecule has 0 saturated carbocycles. The quantitative estimate of drug-likeness (QED) is 0.376. The summed E-state index contributed by atoms with van der Waals surface area (Å²) in [5, 5.41) is 10.8. The van der Waals surface area contributed by atoms with E-state index in [1.54, 1.807) is 18.2 Å². The number of benzene rings is 1. The third-order valence-electron chi connectivity index (χ3n) is 3.49. The highest BCUT2D eigenvalue weighted by molar-refractivity contribution is 8.01. The Balaban J connectivity index is 2.19. The Hall–Kier alpha value is -1.91. The summed E-state index contributed by atoms with van der Waals surface area (Å²) < 4.78 is 26.5. The Morgan fingerprint density at radius 3 is 2.70 bits per heavy atom. The highest BCUT2D eigenvalue weighted by Gasteiger charge is 2.24. The Morgan fingerprint density at radius 1 is 1.37 bits per heavy atom. The molecule has 1 aromatic heterocycles. The molecular formula is C17H22N4O3S3. The third-order valence-corrected chi connectivity index (χ3v) is 6.59. The van der Waals surface area contributed by atoms with Gasteiger partial charge in [0.2, 0.25) is 21.1 Å². The molecule has 2 aromatic rings. The molecule has 1 aromatic carbocycles. The molecule has 0 bridgehead atoms. The average molecular weight is 427 g/mol. The molecule has 1 heterocycles. The van der Waals surface area contributed by atoms with Crippen molar-refractivity contribution in [1.82, 2.24) is 10.2 Å². The summed E-state index contributed by atoms with van der Waals surface area (Å²) in [5.74, 6) is 0.327. The number of hydrogen-bond donors (Lipinski definition) is 1. The zero-order chi connectivity index (χ0) is 20.0. The number of amides is 1. The number of aromatic nitrogens is 2. The molecule has 0 fully saturated rings. The molecule has 10 heteroatoms. The summed E-state index contributed by atoms with van der Waals surface area (Å²) >= 11 is 2.69. The predicted octanol–water partition coefficient (Wildman–Crippen LogP) is 3.34. The Kier molecular flexibility index (Phi) is 7.40. The highest BCUT2D eigenvalue weighted by atomic mass is 32.2. The van der Waals surface area contributed by atoms with Gasteiger partial charge in [0.15, 0.2) is 4.34 Å². The van der Waals surface area contributed by atoms with Crippen LogP contribution in [0, 0.1) is 0 Å². The summed E-state index contributed by atoms with van der Waals surface area (Å²) in [6, 6.07) is 7.18. The molecule has 1 amide bonds. The van der Waals surface area contributed by atoms with Gasteiger partial charge in [-0.05, 0) is 17.5 Å². The molecular weight excluding hydrogens is 404 g/mol. The second-order valence-corrected chi connectivity index (χ2v) is 10.2. The van der Waals surface area contributed by atoms with E-state index in [2.05, 4.69) is 22.1 Å². The summed E-state index contributed by atoms with van der Waals surface area (Å²) in [4.78, 5) is 12.4. The standard InChI is InChI=1S/C17H22N4O3S3/c1-5-10-25-17-20-19-16(26-17)18-15(22)11-21(27(4,23)24)14-9-7-6-8-13(14)12(2)3/h5-9,12H,1,10-11H2,2-4H3,(H,18,19,22). The highest BCUT2D eigenvalue weighted by Crippen LogP contribution is 2.29. The first-order chi connectivity index (χ1) is 12.7. The molecule has 2 rings (SSSR count). The number of carbonyl (C=O) groups is 1. The minimum absolute atomic E-state index is 0.112. The lowest BCUT2D eigenvalue weighted by Gasteiger charge is -2.25. The van der Waals surface area contributed by atoms with E-state index in [-0.39, 0.29) is 12.5 Å². The minimum atomic E-state index is -3.64. The van der Waals surface area contributed by atoms with Gasteiger partial charge in [-0.15, -0.1) is 16.8 Å². The first kappa shape index (κ1) is 21.4. The SMILES string of the molecule is C=CCSc1nnc(NC(=O)CN(c2ccccc2C(C)C)S(C)(=O)=O)s1. The van der Waals surface area contributed by atoms with Gasteiger partial charge in [-0.25, -0.2) is 8.42 Å². The smallest absolute Gasteiger partial charge is 0.246 e. The van der Waals surface area contributed by atoms with Crippen molar-refractivity contribution in [2.75, 3.05) is 28.2 Å². The molecule has 0 unspecified atom stereocenters. The fourth-order valence-electron chi connectivity index (χ4n) is 2.32. The molecule has 0 aliphatic heterocycles. The van der Waals surface area contributed by atoms with E-state index in [1.807, 2.05) is 26.0 Å². The first-order valence-electron chi connectivity index (χ1n) is 8.16. The van der Waals surface area contributed by atoms with Crippen LogP contribution in [0.5, 0.6) is 0 Å². The lowest BCUT2D eigenvalue weighted by Crippen LogP contribution is -2.38.